The van der Waals surface area contributed by atoms with Crippen LogP contribution in [-0.4, -0.2) is 12.2 Å². The molecule has 0 heterocycles. The number of aryl methyl sites for hydroxylation is 1. The van der Waals surface area contributed by atoms with Crippen LogP contribution >= 0.6 is 0 Å². The molecule has 2 nitrogen and oxygen atoms in total. The summed E-state index contributed by atoms with van der Waals surface area (Å²) in [6, 6.07) is 5.90. The fourth-order valence-electron chi connectivity index (χ4n) is 2.60. The van der Waals surface area contributed by atoms with Crippen molar-refractivity contribution in [2.24, 2.45) is 0 Å². The number of ether oxygens (including phenoxy) is 1. The minimum atomic E-state index is -0.337. The number of aliphatic hydroxyl groups excluding tert-OH is 1. The molecule has 0 fully saturated rings. The Morgan fingerprint density at radius 3 is 2.30 bits per heavy atom. The van der Waals surface area contributed by atoms with E-state index < -0.39 is 0 Å². The summed E-state index contributed by atoms with van der Waals surface area (Å²) in [7, 11) is 1.67. The lowest BCUT2D eigenvalue weighted by Crippen LogP contribution is -2.00. The molecule has 1 N–H and O–H groups in total. The number of rotatable bonds is 10. The summed E-state index contributed by atoms with van der Waals surface area (Å²) in [4.78, 5) is 0. The summed E-state index contributed by atoms with van der Waals surface area (Å²) >= 11 is 0. The van der Waals surface area contributed by atoms with E-state index in [0.29, 0.717) is 0 Å². The van der Waals surface area contributed by atoms with Crippen LogP contribution in [0.25, 0.3) is 0 Å². The molecule has 1 atom stereocenters. The summed E-state index contributed by atoms with van der Waals surface area (Å²) in [5.74, 6) is 0.856. The molecule has 1 rings (SSSR count). The molecule has 114 valence electrons. The predicted molar refractivity (Wildman–Crippen MR) is 85.3 cm³/mol. The number of unbranched alkanes of at least 4 members (excludes halogenated alkanes) is 6. The van der Waals surface area contributed by atoms with Crippen molar-refractivity contribution in [3.63, 3.8) is 0 Å². The first-order chi connectivity index (χ1) is 9.69. The summed E-state index contributed by atoms with van der Waals surface area (Å²) in [6.07, 6.45) is 9.52. The molecule has 1 aromatic carbocycles. The molecule has 1 aromatic rings. The van der Waals surface area contributed by atoms with Crippen LogP contribution in [0.5, 0.6) is 5.75 Å². The van der Waals surface area contributed by atoms with E-state index in [1.165, 1.54) is 38.5 Å². The van der Waals surface area contributed by atoms with E-state index in [9.17, 15) is 5.11 Å². The van der Waals surface area contributed by atoms with Crippen molar-refractivity contribution < 1.29 is 9.84 Å². The van der Waals surface area contributed by atoms with Gasteiger partial charge in [-0.2, -0.15) is 0 Å². The third-order valence-corrected chi connectivity index (χ3v) is 3.92. The smallest absolute Gasteiger partial charge is 0.119 e. The second-order valence-electron chi connectivity index (χ2n) is 5.65. The number of methoxy groups -OCH3 is 1. The first kappa shape index (κ1) is 17.0. The molecule has 0 aliphatic heterocycles. The van der Waals surface area contributed by atoms with E-state index in [-0.39, 0.29) is 6.10 Å². The molecule has 2 heteroatoms. The molecule has 0 saturated heterocycles. The van der Waals surface area contributed by atoms with Crippen LogP contribution < -0.4 is 4.74 Å². The Morgan fingerprint density at radius 1 is 1.05 bits per heavy atom. The van der Waals surface area contributed by atoms with Gasteiger partial charge in [0.2, 0.25) is 0 Å². The third-order valence-electron chi connectivity index (χ3n) is 3.92. The van der Waals surface area contributed by atoms with Crippen molar-refractivity contribution in [1.29, 1.82) is 0 Å². The van der Waals surface area contributed by atoms with Gasteiger partial charge in [-0.3, -0.25) is 0 Å². The number of hydrogen-bond donors (Lipinski definition) is 1. The van der Waals surface area contributed by atoms with Gasteiger partial charge in [-0.25, -0.2) is 0 Å². The Bertz CT molecular complexity index is 374. The summed E-state index contributed by atoms with van der Waals surface area (Å²) in [5.41, 5.74) is 2.15. The van der Waals surface area contributed by atoms with Crippen molar-refractivity contribution in [2.45, 2.75) is 71.3 Å². The molecule has 0 spiro atoms. The highest BCUT2D eigenvalue weighted by Gasteiger charge is 2.10. The van der Waals surface area contributed by atoms with Gasteiger partial charge in [0, 0.05) is 0 Å². The standard InChI is InChI=1S/C18H30O2/c1-4-5-6-7-8-9-10-11-18(19)17-13-12-16(20-3)14-15(17)2/h12-14,18-19H,4-11H2,1-3H3. The largest absolute Gasteiger partial charge is 0.497 e. The Labute approximate surface area is 124 Å². The fraction of sp³-hybridized carbons (Fsp3) is 0.667. The first-order valence-electron chi connectivity index (χ1n) is 8.01. The SMILES string of the molecule is CCCCCCCCCC(O)c1ccc(OC)cc1C. The highest BCUT2D eigenvalue weighted by molar-refractivity contribution is 5.35. The molecule has 0 amide bonds. The van der Waals surface area contributed by atoms with Crippen LogP contribution in [0.1, 0.15) is 75.5 Å². The van der Waals surface area contributed by atoms with Crippen LogP contribution in [0.2, 0.25) is 0 Å². The topological polar surface area (TPSA) is 29.5 Å². The van der Waals surface area contributed by atoms with Crippen LogP contribution in [0.3, 0.4) is 0 Å². The van der Waals surface area contributed by atoms with Gasteiger partial charge in [-0.05, 0) is 36.6 Å². The van der Waals surface area contributed by atoms with E-state index in [1.807, 2.05) is 25.1 Å². The van der Waals surface area contributed by atoms with Crippen molar-refractivity contribution in [1.82, 2.24) is 0 Å². The normalized spacial score (nSPS) is 12.4. The van der Waals surface area contributed by atoms with Gasteiger partial charge in [-0.15, -0.1) is 0 Å². The molecule has 0 aliphatic carbocycles. The van der Waals surface area contributed by atoms with Crippen LogP contribution in [0.4, 0.5) is 0 Å². The van der Waals surface area contributed by atoms with Crippen LogP contribution in [-0.2, 0) is 0 Å². The maximum absolute atomic E-state index is 10.3. The van der Waals surface area contributed by atoms with Gasteiger partial charge in [-0.1, -0.05) is 57.9 Å². The van der Waals surface area contributed by atoms with Crippen LogP contribution in [0.15, 0.2) is 18.2 Å². The lowest BCUT2D eigenvalue weighted by Gasteiger charge is -2.14. The highest BCUT2D eigenvalue weighted by atomic mass is 16.5. The third kappa shape index (κ3) is 5.96. The summed E-state index contributed by atoms with van der Waals surface area (Å²) < 4.78 is 5.19. The van der Waals surface area contributed by atoms with Crippen molar-refractivity contribution in [3.8, 4) is 5.75 Å². The molecular formula is C18H30O2. The predicted octanol–water partition coefficient (Wildman–Crippen LogP) is 5.18. The van der Waals surface area contributed by atoms with Gasteiger partial charge < -0.3 is 9.84 Å². The van der Waals surface area contributed by atoms with Crippen molar-refractivity contribution >= 4 is 0 Å². The molecule has 0 aliphatic rings. The Kier molecular flexibility index (Phi) is 8.36. The van der Waals surface area contributed by atoms with E-state index in [0.717, 1.165) is 29.7 Å². The lowest BCUT2D eigenvalue weighted by atomic mass is 9.98. The molecule has 0 radical (unpaired) electrons. The average Bonchev–Trinajstić information content (AvgIpc) is 2.45. The Morgan fingerprint density at radius 2 is 1.70 bits per heavy atom. The second kappa shape index (κ2) is 9.82. The fourth-order valence-corrected chi connectivity index (χ4v) is 2.60. The number of aliphatic hydroxyl groups is 1. The lowest BCUT2D eigenvalue weighted by molar-refractivity contribution is 0.162. The van der Waals surface area contributed by atoms with E-state index in [4.69, 9.17) is 4.74 Å². The Balaban J connectivity index is 2.27. The second-order valence-corrected chi connectivity index (χ2v) is 5.65. The first-order valence-corrected chi connectivity index (χ1v) is 8.01. The van der Waals surface area contributed by atoms with Crippen molar-refractivity contribution in [3.05, 3.63) is 29.3 Å². The molecule has 20 heavy (non-hydrogen) atoms. The molecule has 0 bridgehead atoms. The van der Waals surface area contributed by atoms with Gasteiger partial charge in [0.25, 0.3) is 0 Å². The summed E-state index contributed by atoms with van der Waals surface area (Å²) in [5, 5.41) is 10.3. The Hall–Kier alpha value is -1.02. The zero-order valence-corrected chi connectivity index (χ0v) is 13.3. The van der Waals surface area contributed by atoms with E-state index >= 15 is 0 Å². The zero-order valence-electron chi connectivity index (χ0n) is 13.3. The van der Waals surface area contributed by atoms with Crippen molar-refractivity contribution in [2.75, 3.05) is 7.11 Å². The van der Waals surface area contributed by atoms with E-state index in [2.05, 4.69) is 6.92 Å². The highest BCUT2D eigenvalue weighted by Crippen LogP contribution is 2.26. The van der Waals surface area contributed by atoms with Gasteiger partial charge in [0.15, 0.2) is 0 Å². The van der Waals surface area contributed by atoms with E-state index in [1.54, 1.807) is 7.11 Å². The maximum Gasteiger partial charge on any atom is 0.119 e. The summed E-state index contributed by atoms with van der Waals surface area (Å²) in [6.45, 7) is 4.28. The van der Waals surface area contributed by atoms with Gasteiger partial charge in [0.05, 0.1) is 13.2 Å². The van der Waals surface area contributed by atoms with Gasteiger partial charge in [0.1, 0.15) is 5.75 Å². The van der Waals surface area contributed by atoms with Gasteiger partial charge >= 0.3 is 0 Å². The molecule has 0 aromatic heterocycles. The molecule has 1 unspecified atom stereocenters. The minimum absolute atomic E-state index is 0.337. The molecular weight excluding hydrogens is 248 g/mol. The monoisotopic (exact) mass is 278 g/mol. The molecule has 0 saturated carbocycles. The average molecular weight is 278 g/mol. The zero-order chi connectivity index (χ0) is 14.8. The number of hydrogen-bond acceptors (Lipinski definition) is 2. The quantitative estimate of drug-likeness (QED) is 0.598. The van der Waals surface area contributed by atoms with Crippen LogP contribution in [0, 0.1) is 6.92 Å². The maximum atomic E-state index is 10.3. The number of benzene rings is 1. The minimum Gasteiger partial charge on any atom is -0.497 e.